The molecular formula is C12H23NO2. The fourth-order valence-electron chi connectivity index (χ4n) is 2.41. The number of hydrogen-bond acceptors (Lipinski definition) is 3. The molecule has 0 aromatic carbocycles. The standard InChI is InChI=1S/C12H23NO2/c1-12(2,3)13-9-5-6-10(13)7-8-11(14)15-4/h10H,5-9H2,1-4H3/t10-/m1/s1. The van der Waals surface area contributed by atoms with Crippen molar-refractivity contribution in [2.45, 2.75) is 58.0 Å². The lowest BCUT2D eigenvalue weighted by molar-refractivity contribution is -0.141. The number of likely N-dealkylation sites (tertiary alicyclic amines) is 1. The normalized spacial score (nSPS) is 23.1. The summed E-state index contributed by atoms with van der Waals surface area (Å²) >= 11 is 0. The molecule has 88 valence electrons. The van der Waals surface area contributed by atoms with E-state index in [1.807, 2.05) is 0 Å². The number of carbonyl (C=O) groups is 1. The first-order valence-electron chi connectivity index (χ1n) is 5.78. The molecule has 0 aromatic heterocycles. The van der Waals surface area contributed by atoms with E-state index in [1.54, 1.807) is 0 Å². The van der Waals surface area contributed by atoms with Crippen LogP contribution in [0.4, 0.5) is 0 Å². The Balaban J connectivity index is 2.44. The van der Waals surface area contributed by atoms with Crippen LogP contribution in [0.3, 0.4) is 0 Å². The summed E-state index contributed by atoms with van der Waals surface area (Å²) in [6.45, 7) is 7.88. The lowest BCUT2D eigenvalue weighted by Gasteiger charge is -2.37. The van der Waals surface area contributed by atoms with Crippen LogP contribution in [0.25, 0.3) is 0 Å². The zero-order valence-electron chi connectivity index (χ0n) is 10.4. The van der Waals surface area contributed by atoms with Gasteiger partial charge in [-0.3, -0.25) is 9.69 Å². The Bertz CT molecular complexity index is 220. The summed E-state index contributed by atoms with van der Waals surface area (Å²) < 4.78 is 4.67. The monoisotopic (exact) mass is 213 g/mol. The van der Waals surface area contributed by atoms with E-state index in [0.717, 1.165) is 13.0 Å². The van der Waals surface area contributed by atoms with Crippen LogP contribution in [0.1, 0.15) is 46.5 Å². The molecule has 3 heteroatoms. The molecule has 1 rings (SSSR count). The predicted octanol–water partition coefficient (Wildman–Crippen LogP) is 2.20. The molecule has 1 heterocycles. The Morgan fingerprint density at radius 3 is 2.67 bits per heavy atom. The second-order valence-corrected chi connectivity index (χ2v) is 5.28. The average molecular weight is 213 g/mol. The molecule has 0 aliphatic carbocycles. The van der Waals surface area contributed by atoms with Gasteiger partial charge in [0.2, 0.25) is 0 Å². The number of ether oxygens (including phenoxy) is 1. The van der Waals surface area contributed by atoms with Crippen molar-refractivity contribution in [1.82, 2.24) is 4.90 Å². The second kappa shape index (κ2) is 4.97. The van der Waals surface area contributed by atoms with Crippen LogP contribution >= 0.6 is 0 Å². The summed E-state index contributed by atoms with van der Waals surface area (Å²) in [4.78, 5) is 13.6. The van der Waals surface area contributed by atoms with Crippen molar-refractivity contribution in [2.24, 2.45) is 0 Å². The highest BCUT2D eigenvalue weighted by molar-refractivity contribution is 5.69. The van der Waals surface area contributed by atoms with Gasteiger partial charge in [0, 0.05) is 18.0 Å². The topological polar surface area (TPSA) is 29.5 Å². The molecular weight excluding hydrogens is 190 g/mol. The van der Waals surface area contributed by atoms with Crippen molar-refractivity contribution in [3.63, 3.8) is 0 Å². The van der Waals surface area contributed by atoms with Crippen LogP contribution < -0.4 is 0 Å². The van der Waals surface area contributed by atoms with Crippen molar-refractivity contribution in [2.75, 3.05) is 13.7 Å². The molecule has 3 nitrogen and oxygen atoms in total. The number of rotatable bonds is 3. The zero-order valence-corrected chi connectivity index (χ0v) is 10.4. The molecule has 0 saturated carbocycles. The van der Waals surface area contributed by atoms with E-state index in [-0.39, 0.29) is 11.5 Å². The fourth-order valence-corrected chi connectivity index (χ4v) is 2.41. The smallest absolute Gasteiger partial charge is 0.305 e. The fraction of sp³-hybridized carbons (Fsp3) is 0.917. The summed E-state index contributed by atoms with van der Waals surface area (Å²) in [6.07, 6.45) is 3.95. The maximum atomic E-state index is 11.1. The molecule has 1 saturated heterocycles. The van der Waals surface area contributed by atoms with Crippen LogP contribution in [0.15, 0.2) is 0 Å². The highest BCUT2D eigenvalue weighted by Gasteiger charge is 2.32. The van der Waals surface area contributed by atoms with E-state index in [0.29, 0.717) is 12.5 Å². The molecule has 0 N–H and O–H groups in total. The van der Waals surface area contributed by atoms with Gasteiger partial charge in [0.25, 0.3) is 0 Å². The molecule has 1 aliphatic heterocycles. The van der Waals surface area contributed by atoms with E-state index in [1.165, 1.54) is 20.0 Å². The minimum absolute atomic E-state index is 0.0873. The minimum atomic E-state index is -0.0873. The Labute approximate surface area is 92.8 Å². The van der Waals surface area contributed by atoms with Crippen molar-refractivity contribution in [3.8, 4) is 0 Å². The van der Waals surface area contributed by atoms with Crippen LogP contribution in [0.2, 0.25) is 0 Å². The summed E-state index contributed by atoms with van der Waals surface area (Å²) in [6, 6.07) is 0.559. The van der Waals surface area contributed by atoms with Crippen molar-refractivity contribution >= 4 is 5.97 Å². The SMILES string of the molecule is COC(=O)CC[C@H]1CCCN1C(C)(C)C. The van der Waals surface area contributed by atoms with Crippen LogP contribution in [0, 0.1) is 0 Å². The maximum absolute atomic E-state index is 11.1. The number of esters is 1. The van der Waals surface area contributed by atoms with Gasteiger partial charge in [-0.2, -0.15) is 0 Å². The Morgan fingerprint density at radius 2 is 2.13 bits per heavy atom. The third-order valence-corrected chi connectivity index (χ3v) is 3.15. The molecule has 1 fully saturated rings. The van der Waals surface area contributed by atoms with E-state index >= 15 is 0 Å². The van der Waals surface area contributed by atoms with Gasteiger partial charge in [-0.05, 0) is 46.6 Å². The number of methoxy groups -OCH3 is 1. The summed E-state index contributed by atoms with van der Waals surface area (Å²) in [5, 5.41) is 0. The Kier molecular flexibility index (Phi) is 4.14. The van der Waals surface area contributed by atoms with Gasteiger partial charge in [0.15, 0.2) is 0 Å². The first-order valence-corrected chi connectivity index (χ1v) is 5.78. The van der Waals surface area contributed by atoms with Gasteiger partial charge in [-0.1, -0.05) is 0 Å². The average Bonchev–Trinajstić information content (AvgIpc) is 2.61. The number of carbonyl (C=O) groups excluding carboxylic acids is 1. The molecule has 0 radical (unpaired) electrons. The summed E-state index contributed by atoms with van der Waals surface area (Å²) in [5.41, 5.74) is 0.220. The van der Waals surface area contributed by atoms with Crippen LogP contribution in [-0.2, 0) is 9.53 Å². The molecule has 0 amide bonds. The molecule has 15 heavy (non-hydrogen) atoms. The second-order valence-electron chi connectivity index (χ2n) is 5.28. The number of nitrogens with zero attached hydrogens (tertiary/aromatic N) is 1. The Morgan fingerprint density at radius 1 is 1.47 bits per heavy atom. The molecule has 0 bridgehead atoms. The lowest BCUT2D eigenvalue weighted by atomic mass is 10.0. The summed E-state index contributed by atoms with van der Waals surface area (Å²) in [7, 11) is 1.46. The van der Waals surface area contributed by atoms with Gasteiger partial charge in [-0.25, -0.2) is 0 Å². The first kappa shape index (κ1) is 12.5. The lowest BCUT2D eigenvalue weighted by Crippen LogP contribution is -2.44. The zero-order chi connectivity index (χ0) is 11.5. The quantitative estimate of drug-likeness (QED) is 0.673. The Hall–Kier alpha value is -0.570. The van der Waals surface area contributed by atoms with E-state index < -0.39 is 0 Å². The van der Waals surface area contributed by atoms with Gasteiger partial charge in [0.05, 0.1) is 7.11 Å². The van der Waals surface area contributed by atoms with Gasteiger partial charge < -0.3 is 4.74 Å². The van der Waals surface area contributed by atoms with Crippen LogP contribution in [-0.4, -0.2) is 36.1 Å². The molecule has 0 spiro atoms. The van der Waals surface area contributed by atoms with Gasteiger partial charge in [0.1, 0.15) is 0 Å². The van der Waals surface area contributed by atoms with Gasteiger partial charge in [-0.15, -0.1) is 0 Å². The van der Waals surface area contributed by atoms with Crippen LogP contribution in [0.5, 0.6) is 0 Å². The molecule has 0 unspecified atom stereocenters. The number of hydrogen-bond donors (Lipinski definition) is 0. The van der Waals surface area contributed by atoms with E-state index in [4.69, 9.17) is 0 Å². The molecule has 1 aliphatic rings. The minimum Gasteiger partial charge on any atom is -0.469 e. The predicted molar refractivity (Wildman–Crippen MR) is 60.7 cm³/mol. The van der Waals surface area contributed by atoms with E-state index in [9.17, 15) is 4.79 Å². The third-order valence-electron chi connectivity index (χ3n) is 3.15. The van der Waals surface area contributed by atoms with Crippen molar-refractivity contribution in [3.05, 3.63) is 0 Å². The van der Waals surface area contributed by atoms with E-state index in [2.05, 4.69) is 30.4 Å². The molecule has 0 aromatic rings. The van der Waals surface area contributed by atoms with Crippen molar-refractivity contribution < 1.29 is 9.53 Å². The maximum Gasteiger partial charge on any atom is 0.305 e. The third kappa shape index (κ3) is 3.49. The van der Waals surface area contributed by atoms with Crippen molar-refractivity contribution in [1.29, 1.82) is 0 Å². The first-order chi connectivity index (χ1) is 6.95. The largest absolute Gasteiger partial charge is 0.469 e. The summed E-state index contributed by atoms with van der Waals surface area (Å²) in [5.74, 6) is -0.0873. The highest BCUT2D eigenvalue weighted by atomic mass is 16.5. The highest BCUT2D eigenvalue weighted by Crippen LogP contribution is 2.28. The van der Waals surface area contributed by atoms with Gasteiger partial charge >= 0.3 is 5.97 Å². The molecule has 1 atom stereocenters.